The molecule has 0 aliphatic heterocycles. The van der Waals surface area contributed by atoms with Gasteiger partial charge in [-0.15, -0.1) is 0 Å². The lowest BCUT2D eigenvalue weighted by Gasteiger charge is -2.21. The van der Waals surface area contributed by atoms with Gasteiger partial charge in [0.05, 0.1) is 6.26 Å². The van der Waals surface area contributed by atoms with E-state index in [0.717, 1.165) is 24.4 Å². The fourth-order valence-corrected chi connectivity index (χ4v) is 2.16. The first-order chi connectivity index (χ1) is 9.22. The maximum atomic E-state index is 8.90. The Bertz CT molecular complexity index is 479. The van der Waals surface area contributed by atoms with Crippen molar-refractivity contribution in [3.8, 4) is 0 Å². The number of aromatic nitrogens is 2. The molecule has 5 nitrogen and oxygen atoms in total. The van der Waals surface area contributed by atoms with Crippen LogP contribution in [0.1, 0.15) is 37.4 Å². The van der Waals surface area contributed by atoms with Crippen LogP contribution in [-0.2, 0) is 7.05 Å². The number of nitrogens with one attached hydrogen (secondary N) is 1. The van der Waals surface area contributed by atoms with E-state index < -0.39 is 0 Å². The highest BCUT2D eigenvalue weighted by atomic mass is 16.3. The molecule has 2 heterocycles. The first-order valence-electron chi connectivity index (χ1n) is 6.60. The fourth-order valence-electron chi connectivity index (χ4n) is 2.16. The molecule has 19 heavy (non-hydrogen) atoms. The summed E-state index contributed by atoms with van der Waals surface area (Å²) in [5, 5.41) is 12.4. The standard InChI is InChI=1S/C14H21N3O2/c1-11(5-3-9-18)16-13(12-6-4-10-19-12)14-15-7-8-17(14)2/h4,6-8,10-11,13,16,18H,3,5,9H2,1-2H3. The van der Waals surface area contributed by atoms with Gasteiger partial charge in [0.2, 0.25) is 0 Å². The van der Waals surface area contributed by atoms with E-state index in [2.05, 4.69) is 17.2 Å². The van der Waals surface area contributed by atoms with Gasteiger partial charge in [-0.1, -0.05) is 0 Å². The Morgan fingerprint density at radius 1 is 1.53 bits per heavy atom. The third-order valence-electron chi connectivity index (χ3n) is 3.19. The predicted molar refractivity (Wildman–Crippen MR) is 72.7 cm³/mol. The maximum Gasteiger partial charge on any atom is 0.133 e. The molecule has 0 aliphatic carbocycles. The number of hydrogen-bond donors (Lipinski definition) is 2. The van der Waals surface area contributed by atoms with Crippen molar-refractivity contribution in [2.24, 2.45) is 7.05 Å². The Morgan fingerprint density at radius 3 is 2.95 bits per heavy atom. The zero-order valence-electron chi connectivity index (χ0n) is 11.4. The summed E-state index contributed by atoms with van der Waals surface area (Å²) in [6.45, 7) is 2.33. The van der Waals surface area contributed by atoms with Gasteiger partial charge < -0.3 is 14.1 Å². The summed E-state index contributed by atoms with van der Waals surface area (Å²) in [5.41, 5.74) is 0. The van der Waals surface area contributed by atoms with Gasteiger partial charge in [0.25, 0.3) is 0 Å². The highest BCUT2D eigenvalue weighted by molar-refractivity contribution is 5.15. The Kier molecular flexibility index (Phi) is 4.76. The number of hydrogen-bond acceptors (Lipinski definition) is 4. The van der Waals surface area contributed by atoms with Crippen LogP contribution in [0.5, 0.6) is 0 Å². The van der Waals surface area contributed by atoms with Gasteiger partial charge in [0.15, 0.2) is 0 Å². The van der Waals surface area contributed by atoms with Crippen molar-refractivity contribution in [3.63, 3.8) is 0 Å². The molecule has 0 spiro atoms. The second kappa shape index (κ2) is 6.54. The number of imidazole rings is 1. The minimum atomic E-state index is -0.0660. The zero-order chi connectivity index (χ0) is 13.7. The molecule has 0 fully saturated rings. The number of nitrogens with zero attached hydrogens (tertiary/aromatic N) is 2. The van der Waals surface area contributed by atoms with Gasteiger partial charge in [-0.3, -0.25) is 5.32 Å². The molecule has 0 aromatic carbocycles. The predicted octanol–water partition coefficient (Wildman–Crippen LogP) is 1.85. The molecule has 2 aromatic rings. The third-order valence-corrected chi connectivity index (χ3v) is 3.19. The van der Waals surface area contributed by atoms with Crippen LogP contribution < -0.4 is 5.32 Å². The molecule has 2 unspecified atom stereocenters. The normalized spacial score (nSPS) is 14.5. The fraction of sp³-hybridized carbons (Fsp3) is 0.500. The summed E-state index contributed by atoms with van der Waals surface area (Å²) in [5.74, 6) is 1.77. The number of aliphatic hydroxyl groups is 1. The van der Waals surface area contributed by atoms with Gasteiger partial charge in [0, 0.05) is 32.1 Å². The molecule has 2 N–H and O–H groups in total. The Balaban J connectivity index is 2.14. The van der Waals surface area contributed by atoms with Crippen molar-refractivity contribution in [3.05, 3.63) is 42.4 Å². The monoisotopic (exact) mass is 263 g/mol. The summed E-state index contributed by atoms with van der Waals surface area (Å²) in [6.07, 6.45) is 7.08. The smallest absolute Gasteiger partial charge is 0.133 e. The van der Waals surface area contributed by atoms with Crippen molar-refractivity contribution < 1.29 is 9.52 Å². The number of furan rings is 1. The summed E-state index contributed by atoms with van der Waals surface area (Å²) in [6, 6.07) is 4.04. The van der Waals surface area contributed by atoms with Gasteiger partial charge in [-0.25, -0.2) is 4.98 Å². The van der Waals surface area contributed by atoms with Crippen molar-refractivity contribution in [1.82, 2.24) is 14.9 Å². The van der Waals surface area contributed by atoms with Crippen molar-refractivity contribution in [2.45, 2.75) is 31.8 Å². The van der Waals surface area contributed by atoms with Crippen molar-refractivity contribution in [2.75, 3.05) is 6.61 Å². The van der Waals surface area contributed by atoms with E-state index in [9.17, 15) is 0 Å². The van der Waals surface area contributed by atoms with E-state index in [1.54, 1.807) is 12.5 Å². The molecule has 0 saturated carbocycles. The third kappa shape index (κ3) is 3.45. The van der Waals surface area contributed by atoms with Gasteiger partial charge >= 0.3 is 0 Å². The van der Waals surface area contributed by atoms with Crippen LogP contribution in [0.2, 0.25) is 0 Å². The molecule has 0 saturated heterocycles. The Labute approximate surface area is 113 Å². The largest absolute Gasteiger partial charge is 0.467 e. The van der Waals surface area contributed by atoms with Crippen LogP contribution in [0.15, 0.2) is 35.2 Å². The molecular weight excluding hydrogens is 242 g/mol. The van der Waals surface area contributed by atoms with Gasteiger partial charge in [-0.05, 0) is 31.9 Å². The molecule has 0 bridgehead atoms. The molecule has 2 rings (SSSR count). The average molecular weight is 263 g/mol. The summed E-state index contributed by atoms with van der Waals surface area (Å²) < 4.78 is 7.50. The van der Waals surface area contributed by atoms with Crippen LogP contribution in [0.25, 0.3) is 0 Å². The second-order valence-electron chi connectivity index (χ2n) is 4.78. The van der Waals surface area contributed by atoms with Crippen LogP contribution >= 0.6 is 0 Å². The van der Waals surface area contributed by atoms with Crippen LogP contribution in [0.4, 0.5) is 0 Å². The molecular formula is C14H21N3O2. The Morgan fingerprint density at radius 2 is 2.37 bits per heavy atom. The SMILES string of the molecule is CC(CCCO)NC(c1ccco1)c1nccn1C. The molecule has 2 atom stereocenters. The topological polar surface area (TPSA) is 63.2 Å². The molecule has 104 valence electrons. The lowest BCUT2D eigenvalue weighted by atomic mass is 10.1. The second-order valence-corrected chi connectivity index (χ2v) is 4.78. The number of aliphatic hydroxyl groups excluding tert-OH is 1. The quantitative estimate of drug-likeness (QED) is 0.800. The summed E-state index contributed by atoms with van der Waals surface area (Å²) in [7, 11) is 1.97. The van der Waals surface area contributed by atoms with E-state index in [1.807, 2.05) is 29.9 Å². The highest BCUT2D eigenvalue weighted by Gasteiger charge is 2.22. The van der Waals surface area contributed by atoms with Gasteiger partial charge in [-0.2, -0.15) is 0 Å². The van der Waals surface area contributed by atoms with Crippen LogP contribution in [-0.4, -0.2) is 27.3 Å². The van der Waals surface area contributed by atoms with Crippen LogP contribution in [0.3, 0.4) is 0 Å². The van der Waals surface area contributed by atoms with E-state index >= 15 is 0 Å². The molecule has 5 heteroatoms. The highest BCUT2D eigenvalue weighted by Crippen LogP contribution is 2.22. The molecule has 2 aromatic heterocycles. The lowest BCUT2D eigenvalue weighted by molar-refractivity contribution is 0.273. The lowest BCUT2D eigenvalue weighted by Crippen LogP contribution is -2.32. The molecule has 0 radical (unpaired) electrons. The molecule has 0 aliphatic rings. The Hall–Kier alpha value is -1.59. The number of aryl methyl sites for hydroxylation is 1. The van der Waals surface area contributed by atoms with E-state index in [0.29, 0.717) is 0 Å². The molecule has 0 amide bonds. The van der Waals surface area contributed by atoms with Crippen molar-refractivity contribution >= 4 is 0 Å². The van der Waals surface area contributed by atoms with Crippen molar-refractivity contribution in [1.29, 1.82) is 0 Å². The van der Waals surface area contributed by atoms with Crippen LogP contribution in [0, 0.1) is 0 Å². The zero-order valence-corrected chi connectivity index (χ0v) is 11.4. The first kappa shape index (κ1) is 13.8. The van der Waals surface area contributed by atoms with E-state index in [4.69, 9.17) is 9.52 Å². The van der Waals surface area contributed by atoms with E-state index in [1.165, 1.54) is 0 Å². The summed E-state index contributed by atoms with van der Waals surface area (Å²) >= 11 is 0. The minimum absolute atomic E-state index is 0.0660. The summed E-state index contributed by atoms with van der Waals surface area (Å²) in [4.78, 5) is 4.40. The van der Waals surface area contributed by atoms with E-state index in [-0.39, 0.29) is 18.7 Å². The maximum absolute atomic E-state index is 8.90. The first-order valence-corrected chi connectivity index (χ1v) is 6.60. The number of rotatable bonds is 7. The average Bonchev–Trinajstić information content (AvgIpc) is 3.05. The van der Waals surface area contributed by atoms with Gasteiger partial charge in [0.1, 0.15) is 17.6 Å². The minimum Gasteiger partial charge on any atom is -0.467 e.